The lowest BCUT2D eigenvalue weighted by Gasteiger charge is -2.35. The maximum atomic E-state index is 12.7. The lowest BCUT2D eigenvalue weighted by molar-refractivity contribution is 0.102. The Hall–Kier alpha value is -2.56. The Kier molecular flexibility index (Phi) is 5.00. The fourth-order valence-electron chi connectivity index (χ4n) is 3.23. The predicted octanol–water partition coefficient (Wildman–Crippen LogP) is 2.03. The second kappa shape index (κ2) is 7.46. The number of benzene rings is 2. The summed E-state index contributed by atoms with van der Waals surface area (Å²) in [4.78, 5) is 14.8. The maximum Gasteiger partial charge on any atom is 0.255 e. The van der Waals surface area contributed by atoms with Crippen LogP contribution in [0.3, 0.4) is 0 Å². The van der Waals surface area contributed by atoms with E-state index in [0.29, 0.717) is 42.9 Å². The number of nitrogens with zero attached hydrogens (tertiary/aromatic N) is 4. The average molecular weight is 418 g/mol. The first-order valence-electron chi connectivity index (χ1n) is 8.74. The zero-order valence-electron chi connectivity index (χ0n) is 15.2. The third-order valence-electron chi connectivity index (χ3n) is 4.72. The molecule has 1 N–H and O–H groups in total. The Morgan fingerprint density at radius 1 is 1.04 bits per heavy atom. The highest BCUT2D eigenvalue weighted by Gasteiger charge is 2.25. The molecule has 1 saturated heterocycles. The summed E-state index contributed by atoms with van der Waals surface area (Å²) in [6.45, 7) is 1.98. The molecule has 10 heteroatoms. The van der Waals surface area contributed by atoms with E-state index in [1.807, 2.05) is 24.3 Å². The Labute approximate surface area is 167 Å². The standard InChI is InChI=1S/C18H19N5O3S2/c1-28(25,26)23-10-8-22(9-11-23)17-5-3-2-4-15(17)19-18(24)13-6-7-14-16(12-13)21-27-20-14/h2-7,12H,8-11H2,1H3,(H,19,24). The summed E-state index contributed by atoms with van der Waals surface area (Å²) in [6.07, 6.45) is 1.23. The Balaban J connectivity index is 1.52. The molecule has 28 heavy (non-hydrogen) atoms. The largest absolute Gasteiger partial charge is 0.367 e. The first kappa shape index (κ1) is 18.8. The molecule has 1 fully saturated rings. The first-order chi connectivity index (χ1) is 13.4. The van der Waals surface area contributed by atoms with Gasteiger partial charge in [0.05, 0.1) is 29.4 Å². The lowest BCUT2D eigenvalue weighted by atomic mass is 10.1. The van der Waals surface area contributed by atoms with Gasteiger partial charge in [0, 0.05) is 31.7 Å². The summed E-state index contributed by atoms with van der Waals surface area (Å²) in [7, 11) is -3.18. The number of nitrogens with one attached hydrogen (secondary N) is 1. The van der Waals surface area contributed by atoms with E-state index in [9.17, 15) is 13.2 Å². The second-order valence-corrected chi connectivity index (χ2v) is 9.10. The highest BCUT2D eigenvalue weighted by Crippen LogP contribution is 2.27. The van der Waals surface area contributed by atoms with Gasteiger partial charge in [0.25, 0.3) is 5.91 Å². The molecule has 1 aliphatic rings. The zero-order chi connectivity index (χ0) is 19.7. The Bertz CT molecular complexity index is 1120. The zero-order valence-corrected chi connectivity index (χ0v) is 16.8. The number of rotatable bonds is 4. The third-order valence-corrected chi connectivity index (χ3v) is 6.58. The fourth-order valence-corrected chi connectivity index (χ4v) is 4.58. The summed E-state index contributed by atoms with van der Waals surface area (Å²) >= 11 is 1.12. The Morgan fingerprint density at radius 2 is 1.75 bits per heavy atom. The van der Waals surface area contributed by atoms with Crippen molar-refractivity contribution in [3.8, 4) is 0 Å². The molecular formula is C18H19N5O3S2. The Morgan fingerprint density at radius 3 is 2.50 bits per heavy atom. The van der Waals surface area contributed by atoms with Crippen LogP contribution in [0.25, 0.3) is 11.0 Å². The van der Waals surface area contributed by atoms with Gasteiger partial charge in [-0.1, -0.05) is 12.1 Å². The smallest absolute Gasteiger partial charge is 0.255 e. The number of carbonyl (C=O) groups is 1. The number of hydrogen-bond acceptors (Lipinski definition) is 7. The van der Waals surface area contributed by atoms with Crippen LogP contribution in [0, 0.1) is 0 Å². The van der Waals surface area contributed by atoms with E-state index in [4.69, 9.17) is 0 Å². The highest BCUT2D eigenvalue weighted by atomic mass is 32.2. The normalized spacial score (nSPS) is 15.7. The van der Waals surface area contributed by atoms with Crippen molar-refractivity contribution in [2.75, 3.05) is 42.7 Å². The van der Waals surface area contributed by atoms with Crippen molar-refractivity contribution < 1.29 is 13.2 Å². The van der Waals surface area contributed by atoms with Crippen LogP contribution in [-0.4, -0.2) is 59.8 Å². The topological polar surface area (TPSA) is 95.5 Å². The van der Waals surface area contributed by atoms with Crippen molar-refractivity contribution in [1.29, 1.82) is 0 Å². The van der Waals surface area contributed by atoms with Crippen LogP contribution < -0.4 is 10.2 Å². The van der Waals surface area contributed by atoms with E-state index in [0.717, 1.165) is 22.9 Å². The SMILES string of the molecule is CS(=O)(=O)N1CCN(c2ccccc2NC(=O)c2ccc3nsnc3c2)CC1. The molecule has 4 rings (SSSR count). The molecule has 2 aromatic carbocycles. The molecule has 0 aliphatic carbocycles. The number of carbonyl (C=O) groups excluding carboxylic acids is 1. The van der Waals surface area contributed by atoms with Crippen LogP contribution in [0.15, 0.2) is 42.5 Å². The van der Waals surface area contributed by atoms with Gasteiger partial charge in [-0.25, -0.2) is 8.42 Å². The van der Waals surface area contributed by atoms with E-state index >= 15 is 0 Å². The van der Waals surface area contributed by atoms with E-state index in [1.165, 1.54) is 10.6 Å². The van der Waals surface area contributed by atoms with E-state index in [1.54, 1.807) is 18.2 Å². The van der Waals surface area contributed by atoms with Gasteiger partial charge in [0.15, 0.2) is 0 Å². The summed E-state index contributed by atoms with van der Waals surface area (Å²) in [6, 6.07) is 12.8. The van der Waals surface area contributed by atoms with Gasteiger partial charge < -0.3 is 10.2 Å². The van der Waals surface area contributed by atoms with Crippen molar-refractivity contribution >= 4 is 50.1 Å². The molecule has 146 valence electrons. The van der Waals surface area contributed by atoms with Crippen molar-refractivity contribution in [3.05, 3.63) is 48.0 Å². The molecule has 8 nitrogen and oxygen atoms in total. The van der Waals surface area contributed by atoms with Gasteiger partial charge in [0.2, 0.25) is 10.0 Å². The number of piperazine rings is 1. The third kappa shape index (κ3) is 3.84. The van der Waals surface area contributed by atoms with Crippen molar-refractivity contribution in [2.45, 2.75) is 0 Å². The van der Waals surface area contributed by atoms with Crippen LogP contribution in [0.5, 0.6) is 0 Å². The molecule has 1 aliphatic heterocycles. The highest BCUT2D eigenvalue weighted by molar-refractivity contribution is 7.88. The molecular weight excluding hydrogens is 398 g/mol. The van der Waals surface area contributed by atoms with Crippen LogP contribution >= 0.6 is 11.7 Å². The van der Waals surface area contributed by atoms with Gasteiger partial charge in [0.1, 0.15) is 11.0 Å². The molecule has 0 radical (unpaired) electrons. The van der Waals surface area contributed by atoms with Crippen molar-refractivity contribution in [3.63, 3.8) is 0 Å². The van der Waals surface area contributed by atoms with Crippen LogP contribution in [0.2, 0.25) is 0 Å². The molecule has 0 bridgehead atoms. The number of anilines is 2. The predicted molar refractivity (Wildman–Crippen MR) is 110 cm³/mol. The number of fused-ring (bicyclic) bond motifs is 1. The number of aromatic nitrogens is 2. The van der Waals surface area contributed by atoms with Gasteiger partial charge in [-0.15, -0.1) is 0 Å². The molecule has 0 saturated carbocycles. The minimum absolute atomic E-state index is 0.225. The van der Waals surface area contributed by atoms with E-state index in [2.05, 4.69) is 19.0 Å². The van der Waals surface area contributed by atoms with Crippen LogP contribution in [0.4, 0.5) is 11.4 Å². The molecule has 3 aromatic rings. The van der Waals surface area contributed by atoms with Gasteiger partial charge in [-0.05, 0) is 30.3 Å². The molecule has 2 heterocycles. The van der Waals surface area contributed by atoms with E-state index < -0.39 is 10.0 Å². The molecule has 0 atom stereocenters. The summed E-state index contributed by atoms with van der Waals surface area (Å²) < 4.78 is 33.2. The number of para-hydroxylation sites is 2. The summed E-state index contributed by atoms with van der Waals surface area (Å²) in [5.74, 6) is -0.225. The minimum atomic E-state index is -3.18. The number of sulfonamides is 1. The monoisotopic (exact) mass is 417 g/mol. The van der Waals surface area contributed by atoms with Gasteiger partial charge in [-0.3, -0.25) is 4.79 Å². The number of hydrogen-bond donors (Lipinski definition) is 1. The lowest BCUT2D eigenvalue weighted by Crippen LogP contribution is -2.48. The number of amides is 1. The molecule has 0 spiro atoms. The molecule has 0 unspecified atom stereocenters. The minimum Gasteiger partial charge on any atom is -0.367 e. The quantitative estimate of drug-likeness (QED) is 0.698. The summed E-state index contributed by atoms with van der Waals surface area (Å²) in [5.41, 5.74) is 3.54. The van der Waals surface area contributed by atoms with E-state index in [-0.39, 0.29) is 5.91 Å². The molecule has 1 aromatic heterocycles. The van der Waals surface area contributed by atoms with Crippen LogP contribution in [0.1, 0.15) is 10.4 Å². The molecule has 1 amide bonds. The summed E-state index contributed by atoms with van der Waals surface area (Å²) in [5, 5.41) is 2.97. The maximum absolute atomic E-state index is 12.7. The second-order valence-electron chi connectivity index (χ2n) is 6.59. The average Bonchev–Trinajstić information content (AvgIpc) is 3.15. The van der Waals surface area contributed by atoms with Gasteiger partial charge >= 0.3 is 0 Å². The van der Waals surface area contributed by atoms with Crippen molar-refractivity contribution in [2.24, 2.45) is 0 Å². The first-order valence-corrected chi connectivity index (χ1v) is 11.3. The fraction of sp³-hybridized carbons (Fsp3) is 0.278. The van der Waals surface area contributed by atoms with Crippen molar-refractivity contribution in [1.82, 2.24) is 13.1 Å². The van der Waals surface area contributed by atoms with Crippen LogP contribution in [-0.2, 0) is 10.0 Å². The van der Waals surface area contributed by atoms with Gasteiger partial charge in [-0.2, -0.15) is 13.1 Å².